The van der Waals surface area contributed by atoms with Crippen molar-refractivity contribution in [2.45, 2.75) is 0 Å². The Kier molecular flexibility index (Phi) is 4.72. The van der Waals surface area contributed by atoms with Gasteiger partial charge in [-0.15, -0.1) is 0 Å². The monoisotopic (exact) mass is 356 g/mol. The zero-order chi connectivity index (χ0) is 17.8. The molecular formula is C24H17ClO. The first-order valence-corrected chi connectivity index (χ1v) is 8.86. The van der Waals surface area contributed by atoms with Crippen LogP contribution in [0.3, 0.4) is 0 Å². The Hall–Kier alpha value is -3.03. The van der Waals surface area contributed by atoms with Crippen molar-refractivity contribution in [3.05, 3.63) is 107 Å². The van der Waals surface area contributed by atoms with E-state index in [1.807, 2.05) is 66.7 Å². The van der Waals surface area contributed by atoms with Crippen LogP contribution in [0, 0.1) is 0 Å². The van der Waals surface area contributed by atoms with Crippen LogP contribution >= 0.6 is 11.6 Å². The third-order valence-electron chi connectivity index (χ3n) is 4.18. The summed E-state index contributed by atoms with van der Waals surface area (Å²) in [6.45, 7) is 0. The van der Waals surface area contributed by atoms with Gasteiger partial charge >= 0.3 is 0 Å². The quantitative estimate of drug-likeness (QED) is 0.370. The minimum absolute atomic E-state index is 0.714. The van der Waals surface area contributed by atoms with Crippen molar-refractivity contribution in [2.75, 3.05) is 0 Å². The summed E-state index contributed by atoms with van der Waals surface area (Å²) in [5.41, 5.74) is 4.34. The summed E-state index contributed by atoms with van der Waals surface area (Å²) in [5, 5.41) is 0.714. The van der Waals surface area contributed by atoms with E-state index < -0.39 is 0 Å². The molecule has 0 unspecified atom stereocenters. The average molecular weight is 357 g/mol. The molecule has 4 aromatic rings. The summed E-state index contributed by atoms with van der Waals surface area (Å²) in [5.74, 6) is 1.67. The van der Waals surface area contributed by atoms with E-state index in [4.69, 9.17) is 16.0 Å². The van der Waals surface area contributed by atoms with Crippen LogP contribution in [0.5, 0.6) is 0 Å². The third kappa shape index (κ3) is 3.63. The molecule has 0 amide bonds. The molecule has 3 aromatic carbocycles. The lowest BCUT2D eigenvalue weighted by Gasteiger charge is -2.03. The smallest absolute Gasteiger partial charge is 0.142 e. The Bertz CT molecular complexity index is 1010. The van der Waals surface area contributed by atoms with Crippen LogP contribution in [-0.2, 0) is 0 Å². The van der Waals surface area contributed by atoms with Crippen LogP contribution in [-0.4, -0.2) is 0 Å². The Balaban J connectivity index is 1.77. The molecule has 0 saturated heterocycles. The molecule has 2 heteroatoms. The fourth-order valence-corrected chi connectivity index (χ4v) is 3.01. The van der Waals surface area contributed by atoms with E-state index in [2.05, 4.69) is 36.4 Å². The average Bonchev–Trinajstić information content (AvgIpc) is 3.13. The fourth-order valence-electron chi connectivity index (χ4n) is 2.88. The molecule has 0 N–H and O–H groups in total. The zero-order valence-electron chi connectivity index (χ0n) is 14.1. The van der Waals surface area contributed by atoms with Gasteiger partial charge in [-0.3, -0.25) is 0 Å². The van der Waals surface area contributed by atoms with Crippen LogP contribution in [0.25, 0.3) is 34.6 Å². The highest BCUT2D eigenvalue weighted by molar-refractivity contribution is 6.30. The van der Waals surface area contributed by atoms with Crippen LogP contribution in [0.2, 0.25) is 5.02 Å². The van der Waals surface area contributed by atoms with E-state index in [0.29, 0.717) is 5.02 Å². The maximum absolute atomic E-state index is 6.19. The van der Waals surface area contributed by atoms with E-state index in [1.54, 1.807) is 0 Å². The number of furan rings is 1. The van der Waals surface area contributed by atoms with E-state index in [-0.39, 0.29) is 0 Å². The van der Waals surface area contributed by atoms with Gasteiger partial charge in [0.2, 0.25) is 0 Å². The molecule has 26 heavy (non-hydrogen) atoms. The minimum atomic E-state index is 0.714. The van der Waals surface area contributed by atoms with Gasteiger partial charge < -0.3 is 4.42 Å². The van der Waals surface area contributed by atoms with E-state index >= 15 is 0 Å². The van der Waals surface area contributed by atoms with Crippen LogP contribution in [0.15, 0.2) is 95.4 Å². The molecule has 126 valence electrons. The molecule has 1 heterocycles. The highest BCUT2D eigenvalue weighted by atomic mass is 35.5. The van der Waals surface area contributed by atoms with Gasteiger partial charge in [-0.2, -0.15) is 0 Å². The normalized spacial score (nSPS) is 11.1. The summed E-state index contributed by atoms with van der Waals surface area (Å²) < 4.78 is 6.19. The van der Waals surface area contributed by atoms with Crippen molar-refractivity contribution in [1.29, 1.82) is 0 Å². The van der Waals surface area contributed by atoms with Crippen molar-refractivity contribution in [1.82, 2.24) is 0 Å². The van der Waals surface area contributed by atoms with Gasteiger partial charge in [-0.05, 0) is 47.5 Å². The summed E-state index contributed by atoms with van der Waals surface area (Å²) >= 11 is 6.04. The number of hydrogen-bond acceptors (Lipinski definition) is 1. The molecule has 1 aromatic heterocycles. The van der Waals surface area contributed by atoms with Crippen LogP contribution < -0.4 is 0 Å². The summed E-state index contributed by atoms with van der Waals surface area (Å²) in [7, 11) is 0. The highest BCUT2D eigenvalue weighted by Gasteiger charge is 2.13. The fraction of sp³-hybridized carbons (Fsp3) is 0. The first-order chi connectivity index (χ1) is 12.8. The van der Waals surface area contributed by atoms with Gasteiger partial charge in [0, 0.05) is 16.1 Å². The number of rotatable bonds is 4. The number of benzene rings is 3. The van der Waals surface area contributed by atoms with Crippen LogP contribution in [0.1, 0.15) is 11.3 Å². The predicted molar refractivity (Wildman–Crippen MR) is 110 cm³/mol. The second-order valence-corrected chi connectivity index (χ2v) is 6.44. The second kappa shape index (κ2) is 7.47. The lowest BCUT2D eigenvalue weighted by atomic mass is 10.0. The molecule has 1 nitrogen and oxygen atoms in total. The van der Waals surface area contributed by atoms with E-state index in [0.717, 1.165) is 33.8 Å². The Morgan fingerprint density at radius 2 is 1.31 bits per heavy atom. The first kappa shape index (κ1) is 16.4. The van der Waals surface area contributed by atoms with Crippen molar-refractivity contribution in [2.24, 2.45) is 0 Å². The maximum Gasteiger partial charge on any atom is 0.142 e. The molecular weight excluding hydrogens is 340 g/mol. The van der Waals surface area contributed by atoms with Gasteiger partial charge in [0.1, 0.15) is 11.5 Å². The zero-order valence-corrected chi connectivity index (χ0v) is 14.9. The molecule has 0 saturated carbocycles. The second-order valence-electron chi connectivity index (χ2n) is 6.01. The molecule has 0 aliphatic rings. The van der Waals surface area contributed by atoms with Crippen molar-refractivity contribution < 1.29 is 4.42 Å². The molecule has 0 aliphatic carbocycles. The minimum Gasteiger partial charge on any atom is -0.456 e. The molecule has 4 rings (SSSR count). The van der Waals surface area contributed by atoms with Gasteiger partial charge in [0.25, 0.3) is 0 Å². The van der Waals surface area contributed by atoms with Crippen molar-refractivity contribution in [3.8, 4) is 22.5 Å². The van der Waals surface area contributed by atoms with E-state index in [9.17, 15) is 0 Å². The van der Waals surface area contributed by atoms with Crippen molar-refractivity contribution >= 4 is 23.8 Å². The highest BCUT2D eigenvalue weighted by Crippen LogP contribution is 2.36. The number of hydrogen-bond donors (Lipinski definition) is 0. The Morgan fingerprint density at radius 3 is 2.00 bits per heavy atom. The molecule has 0 fully saturated rings. The Morgan fingerprint density at radius 1 is 0.654 bits per heavy atom. The molecule has 0 radical (unpaired) electrons. The SMILES string of the molecule is Clc1ccc(-c2oc(/C=C/c3ccccc3)cc2-c2ccccc2)cc1. The summed E-state index contributed by atoms with van der Waals surface area (Å²) in [6.07, 6.45) is 4.06. The molecule has 0 atom stereocenters. The lowest BCUT2D eigenvalue weighted by Crippen LogP contribution is -1.79. The summed E-state index contributed by atoms with van der Waals surface area (Å²) in [6, 6.07) is 30.3. The van der Waals surface area contributed by atoms with Gasteiger partial charge in [-0.25, -0.2) is 0 Å². The molecule has 0 aliphatic heterocycles. The number of halogens is 1. The van der Waals surface area contributed by atoms with Crippen LogP contribution in [0.4, 0.5) is 0 Å². The third-order valence-corrected chi connectivity index (χ3v) is 4.43. The molecule has 0 spiro atoms. The predicted octanol–water partition coefficient (Wildman–Crippen LogP) is 7.44. The standard InChI is InChI=1S/C24H17ClO/c25-21-14-12-20(13-15-21)24-23(19-9-5-2-6-10-19)17-22(26-24)16-11-18-7-3-1-4-8-18/h1-17H/b16-11+. The largest absolute Gasteiger partial charge is 0.456 e. The lowest BCUT2D eigenvalue weighted by molar-refractivity contribution is 0.572. The van der Waals surface area contributed by atoms with Gasteiger partial charge in [0.05, 0.1) is 0 Å². The maximum atomic E-state index is 6.19. The Labute approximate surface area is 158 Å². The van der Waals surface area contributed by atoms with Gasteiger partial charge in [-0.1, -0.05) is 78.3 Å². The van der Waals surface area contributed by atoms with Gasteiger partial charge in [0.15, 0.2) is 0 Å². The van der Waals surface area contributed by atoms with Crippen molar-refractivity contribution in [3.63, 3.8) is 0 Å². The first-order valence-electron chi connectivity index (χ1n) is 8.48. The molecule has 0 bridgehead atoms. The van der Waals surface area contributed by atoms with E-state index in [1.165, 1.54) is 0 Å². The summed E-state index contributed by atoms with van der Waals surface area (Å²) in [4.78, 5) is 0. The topological polar surface area (TPSA) is 13.1 Å².